The Hall–Kier alpha value is -4.05. The Morgan fingerprint density at radius 3 is 2.53 bits per heavy atom. The number of rotatable bonds is 4. The Kier molecular flexibility index (Phi) is 5.37. The van der Waals surface area contributed by atoms with Gasteiger partial charge in [-0.25, -0.2) is 4.39 Å². The summed E-state index contributed by atoms with van der Waals surface area (Å²) in [5.74, 6) is 0.544. The Morgan fingerprint density at radius 2 is 1.79 bits per heavy atom. The lowest BCUT2D eigenvalue weighted by atomic mass is 10.1. The Morgan fingerprint density at radius 1 is 1.00 bits per heavy atom. The molecule has 0 amide bonds. The summed E-state index contributed by atoms with van der Waals surface area (Å²) in [6.07, 6.45) is 0.355. The molecule has 0 saturated heterocycles. The molecule has 5 aromatic rings. The molecule has 0 radical (unpaired) electrons. The topological polar surface area (TPSA) is 60.4 Å². The van der Waals surface area contributed by atoms with Crippen LogP contribution in [0.5, 0.6) is 0 Å². The van der Waals surface area contributed by atoms with Gasteiger partial charge in [-0.3, -0.25) is 4.79 Å². The fraction of sp³-hybridized carbons (Fsp3) is 0.0417. The van der Waals surface area contributed by atoms with Crippen molar-refractivity contribution in [2.24, 2.45) is 0 Å². The van der Waals surface area contributed by atoms with Crippen LogP contribution in [0.1, 0.15) is 22.7 Å². The summed E-state index contributed by atoms with van der Waals surface area (Å²) in [5, 5.41) is 4.18. The molecular formula is C24H13F4N3O2S. The van der Waals surface area contributed by atoms with Crippen molar-refractivity contribution < 1.29 is 22.0 Å². The standard InChI is InChI=1S/C24H13F4N3O2S/c25-17-7-4-14(5-8-17)6-11-21-29-23-31(30-21)22(32)20(34-23)13-18-9-10-19(33-18)15-2-1-3-16(12-15)24(26,27)28/h1-13H/b11-6+,20-13-. The number of alkyl halides is 3. The second-order valence-electron chi connectivity index (χ2n) is 7.25. The van der Waals surface area contributed by atoms with Gasteiger partial charge in [0, 0.05) is 11.6 Å². The molecule has 34 heavy (non-hydrogen) atoms. The van der Waals surface area contributed by atoms with Crippen molar-refractivity contribution in [2.75, 3.05) is 0 Å². The highest BCUT2D eigenvalue weighted by Gasteiger charge is 2.30. The van der Waals surface area contributed by atoms with Crippen LogP contribution in [0, 0.1) is 5.82 Å². The fourth-order valence-corrected chi connectivity index (χ4v) is 4.12. The van der Waals surface area contributed by atoms with Gasteiger partial charge in [-0.1, -0.05) is 41.7 Å². The number of nitrogens with zero attached hydrogens (tertiary/aromatic N) is 3. The summed E-state index contributed by atoms with van der Waals surface area (Å²) in [7, 11) is 0. The van der Waals surface area contributed by atoms with Gasteiger partial charge in [-0.15, -0.1) is 5.10 Å². The van der Waals surface area contributed by atoms with E-state index in [1.807, 2.05) is 0 Å². The van der Waals surface area contributed by atoms with Crippen molar-refractivity contribution in [1.82, 2.24) is 14.6 Å². The molecule has 170 valence electrons. The summed E-state index contributed by atoms with van der Waals surface area (Å²) >= 11 is 1.10. The first-order chi connectivity index (χ1) is 16.3. The van der Waals surface area contributed by atoms with E-state index in [1.165, 1.54) is 30.3 Å². The molecule has 0 aliphatic carbocycles. The van der Waals surface area contributed by atoms with Gasteiger partial charge in [0.1, 0.15) is 21.9 Å². The maximum absolute atomic E-state index is 13.0. The molecule has 2 aromatic carbocycles. The van der Waals surface area contributed by atoms with E-state index in [-0.39, 0.29) is 17.1 Å². The third kappa shape index (κ3) is 4.40. The SMILES string of the molecule is O=c1/c(=C/c2ccc(-c3cccc(C(F)(F)F)c3)o2)sc2nc(/C=C/c3ccc(F)cc3)nn12. The van der Waals surface area contributed by atoms with Crippen LogP contribution in [0.15, 0.2) is 69.9 Å². The number of hydrogen-bond acceptors (Lipinski definition) is 5. The van der Waals surface area contributed by atoms with E-state index in [2.05, 4.69) is 10.1 Å². The number of hydrogen-bond donors (Lipinski definition) is 0. The first-order valence-corrected chi connectivity index (χ1v) is 10.7. The molecule has 0 N–H and O–H groups in total. The van der Waals surface area contributed by atoms with Gasteiger partial charge in [0.25, 0.3) is 5.56 Å². The van der Waals surface area contributed by atoms with Crippen molar-refractivity contribution in [3.63, 3.8) is 0 Å². The average Bonchev–Trinajstić information content (AvgIpc) is 3.50. The van der Waals surface area contributed by atoms with Gasteiger partial charge in [0.15, 0.2) is 5.82 Å². The molecule has 0 saturated carbocycles. The second-order valence-corrected chi connectivity index (χ2v) is 8.25. The molecular weight excluding hydrogens is 470 g/mol. The van der Waals surface area contributed by atoms with E-state index in [9.17, 15) is 22.4 Å². The van der Waals surface area contributed by atoms with E-state index in [4.69, 9.17) is 4.42 Å². The molecule has 0 unspecified atom stereocenters. The van der Waals surface area contributed by atoms with Crippen LogP contribution in [-0.2, 0) is 6.18 Å². The molecule has 10 heteroatoms. The van der Waals surface area contributed by atoms with Crippen molar-refractivity contribution >= 4 is 34.5 Å². The molecule has 3 heterocycles. The van der Waals surface area contributed by atoms with E-state index >= 15 is 0 Å². The first-order valence-electron chi connectivity index (χ1n) is 9.89. The summed E-state index contributed by atoms with van der Waals surface area (Å²) in [6, 6.07) is 13.8. The first kappa shape index (κ1) is 21.8. The maximum atomic E-state index is 13.0. The predicted octanol–water partition coefficient (Wildman–Crippen LogP) is 5.29. The number of aromatic nitrogens is 3. The monoisotopic (exact) mass is 483 g/mol. The summed E-state index contributed by atoms with van der Waals surface area (Å²) in [4.78, 5) is 17.4. The molecule has 0 fully saturated rings. The van der Waals surface area contributed by atoms with E-state index in [1.54, 1.807) is 36.4 Å². The van der Waals surface area contributed by atoms with Crippen LogP contribution >= 0.6 is 11.3 Å². The van der Waals surface area contributed by atoms with Gasteiger partial charge in [-0.2, -0.15) is 22.7 Å². The van der Waals surface area contributed by atoms with Crippen molar-refractivity contribution in [1.29, 1.82) is 0 Å². The lowest BCUT2D eigenvalue weighted by Crippen LogP contribution is -2.23. The van der Waals surface area contributed by atoms with Crippen molar-refractivity contribution in [3.8, 4) is 11.3 Å². The normalized spacial score (nSPS) is 12.9. The van der Waals surface area contributed by atoms with E-state index in [0.29, 0.717) is 21.1 Å². The molecule has 0 aliphatic heterocycles. The fourth-order valence-electron chi connectivity index (χ4n) is 3.23. The minimum Gasteiger partial charge on any atom is -0.457 e. The molecule has 0 aliphatic rings. The largest absolute Gasteiger partial charge is 0.457 e. The highest BCUT2D eigenvalue weighted by atomic mass is 32.1. The second kappa shape index (κ2) is 8.38. The third-order valence-corrected chi connectivity index (χ3v) is 5.83. The van der Waals surface area contributed by atoms with Gasteiger partial charge in [0.05, 0.1) is 5.56 Å². The van der Waals surface area contributed by atoms with E-state index < -0.39 is 17.3 Å². The van der Waals surface area contributed by atoms with Gasteiger partial charge in [-0.05, 0) is 48.0 Å². The van der Waals surface area contributed by atoms with Gasteiger partial charge >= 0.3 is 6.18 Å². The smallest absolute Gasteiger partial charge is 0.416 e. The number of halogens is 4. The summed E-state index contributed by atoms with van der Waals surface area (Å²) in [5.41, 5.74) is -0.142. The number of benzene rings is 2. The van der Waals surface area contributed by atoms with Crippen LogP contribution in [0.4, 0.5) is 17.6 Å². The highest BCUT2D eigenvalue weighted by Crippen LogP contribution is 2.32. The average molecular weight is 483 g/mol. The molecule has 5 nitrogen and oxygen atoms in total. The zero-order valence-corrected chi connectivity index (χ0v) is 17.9. The van der Waals surface area contributed by atoms with Crippen molar-refractivity contribution in [3.05, 3.63) is 104 Å². The van der Waals surface area contributed by atoms with Crippen molar-refractivity contribution in [2.45, 2.75) is 6.18 Å². The number of thiazole rings is 1. The highest BCUT2D eigenvalue weighted by molar-refractivity contribution is 7.15. The predicted molar refractivity (Wildman–Crippen MR) is 120 cm³/mol. The van der Waals surface area contributed by atoms with Gasteiger partial charge < -0.3 is 4.42 Å². The van der Waals surface area contributed by atoms with Crippen LogP contribution in [0.25, 0.3) is 34.5 Å². The Labute approximate surface area is 192 Å². The lowest BCUT2D eigenvalue weighted by molar-refractivity contribution is -0.137. The lowest BCUT2D eigenvalue weighted by Gasteiger charge is -2.07. The Bertz CT molecular complexity index is 1630. The third-order valence-electron chi connectivity index (χ3n) is 4.87. The molecule has 3 aromatic heterocycles. The van der Waals surface area contributed by atoms with E-state index in [0.717, 1.165) is 33.5 Å². The summed E-state index contributed by atoms with van der Waals surface area (Å²) in [6.45, 7) is 0. The van der Waals surface area contributed by atoms with Crippen LogP contribution in [0.2, 0.25) is 0 Å². The van der Waals surface area contributed by atoms with Crippen LogP contribution < -0.4 is 10.1 Å². The van der Waals surface area contributed by atoms with Gasteiger partial charge in [0.2, 0.25) is 4.96 Å². The number of fused-ring (bicyclic) bond motifs is 1. The van der Waals surface area contributed by atoms with Crippen LogP contribution in [0.3, 0.4) is 0 Å². The number of furan rings is 1. The quantitative estimate of drug-likeness (QED) is 0.326. The Balaban J connectivity index is 1.41. The minimum absolute atomic E-state index is 0.248. The molecule has 0 spiro atoms. The minimum atomic E-state index is -4.46. The molecule has 5 rings (SSSR count). The molecule has 0 atom stereocenters. The zero-order chi connectivity index (χ0) is 23.9. The molecule has 0 bridgehead atoms. The zero-order valence-electron chi connectivity index (χ0n) is 17.1. The maximum Gasteiger partial charge on any atom is 0.416 e. The van der Waals surface area contributed by atoms with Crippen LogP contribution in [-0.4, -0.2) is 14.6 Å². The summed E-state index contributed by atoms with van der Waals surface area (Å²) < 4.78 is 59.0.